The van der Waals surface area contributed by atoms with Gasteiger partial charge in [0.05, 0.1) is 25.7 Å². The summed E-state index contributed by atoms with van der Waals surface area (Å²) in [5, 5.41) is 5.56. The summed E-state index contributed by atoms with van der Waals surface area (Å²) in [6, 6.07) is 22.3. The van der Waals surface area contributed by atoms with Crippen molar-refractivity contribution in [2.75, 3.05) is 25.1 Å². The first-order chi connectivity index (χ1) is 17.5. The molecule has 1 atom stereocenters. The Balaban J connectivity index is 1.58. The van der Waals surface area contributed by atoms with Crippen LogP contribution in [0.25, 0.3) is 0 Å². The molecule has 0 fully saturated rings. The molecule has 0 aromatic heterocycles. The lowest BCUT2D eigenvalue weighted by Crippen LogP contribution is -2.31. The Morgan fingerprint density at radius 2 is 1.44 bits per heavy atom. The molecule has 0 aliphatic carbocycles. The molecule has 3 aromatic rings. The standard InChI is InChI=1S/C28H30N2O6/c1-3-34-24-16-15-22(17-25(24)35-4-2)29-26(31)19-36-27(32)18-23(20-11-7-5-8-12-20)30-28(33)21-13-9-6-10-14-21/h5-17,23H,3-4,18-19H2,1-2H3,(H,29,31)(H,30,33). The summed E-state index contributed by atoms with van der Waals surface area (Å²) < 4.78 is 16.3. The van der Waals surface area contributed by atoms with Gasteiger partial charge >= 0.3 is 5.97 Å². The second kappa shape index (κ2) is 13.5. The van der Waals surface area contributed by atoms with Gasteiger partial charge in [-0.1, -0.05) is 48.5 Å². The molecule has 188 valence electrons. The first-order valence-corrected chi connectivity index (χ1v) is 11.8. The van der Waals surface area contributed by atoms with Gasteiger partial charge in [-0.3, -0.25) is 14.4 Å². The van der Waals surface area contributed by atoms with Crippen LogP contribution in [0.15, 0.2) is 78.9 Å². The van der Waals surface area contributed by atoms with Gasteiger partial charge in [0.25, 0.3) is 11.8 Å². The Bertz CT molecular complexity index is 1150. The van der Waals surface area contributed by atoms with Crippen molar-refractivity contribution in [1.29, 1.82) is 0 Å². The molecule has 0 aliphatic rings. The number of hydrogen-bond donors (Lipinski definition) is 2. The van der Waals surface area contributed by atoms with Crippen molar-refractivity contribution in [2.24, 2.45) is 0 Å². The van der Waals surface area contributed by atoms with E-state index in [1.807, 2.05) is 50.2 Å². The zero-order valence-electron chi connectivity index (χ0n) is 20.4. The molecule has 0 radical (unpaired) electrons. The molecule has 3 rings (SSSR count). The van der Waals surface area contributed by atoms with Gasteiger partial charge < -0.3 is 24.8 Å². The highest BCUT2D eigenvalue weighted by atomic mass is 16.5. The number of anilines is 1. The van der Waals surface area contributed by atoms with E-state index in [1.54, 1.807) is 42.5 Å². The van der Waals surface area contributed by atoms with E-state index in [-0.39, 0.29) is 12.3 Å². The van der Waals surface area contributed by atoms with Crippen LogP contribution in [0, 0.1) is 0 Å². The monoisotopic (exact) mass is 490 g/mol. The largest absolute Gasteiger partial charge is 0.490 e. The lowest BCUT2D eigenvalue weighted by Gasteiger charge is -2.19. The maximum absolute atomic E-state index is 12.7. The Morgan fingerprint density at radius 1 is 0.806 bits per heavy atom. The fourth-order valence-corrected chi connectivity index (χ4v) is 3.47. The van der Waals surface area contributed by atoms with E-state index in [0.717, 1.165) is 5.56 Å². The quantitative estimate of drug-likeness (QED) is 0.362. The number of carbonyl (C=O) groups excluding carboxylic acids is 3. The molecule has 0 saturated heterocycles. The number of rotatable bonds is 12. The van der Waals surface area contributed by atoms with Crippen LogP contribution in [0.2, 0.25) is 0 Å². The van der Waals surface area contributed by atoms with E-state index in [2.05, 4.69) is 10.6 Å². The summed E-state index contributed by atoms with van der Waals surface area (Å²) >= 11 is 0. The molecule has 0 spiro atoms. The van der Waals surface area contributed by atoms with E-state index in [0.29, 0.717) is 36.0 Å². The smallest absolute Gasteiger partial charge is 0.308 e. The second-order valence-electron chi connectivity index (χ2n) is 7.74. The van der Waals surface area contributed by atoms with E-state index >= 15 is 0 Å². The third kappa shape index (κ3) is 7.87. The molecule has 3 aromatic carbocycles. The van der Waals surface area contributed by atoms with Crippen molar-refractivity contribution < 1.29 is 28.6 Å². The highest BCUT2D eigenvalue weighted by Gasteiger charge is 2.21. The first kappa shape index (κ1) is 26.3. The van der Waals surface area contributed by atoms with Crippen molar-refractivity contribution in [2.45, 2.75) is 26.3 Å². The number of esters is 1. The highest BCUT2D eigenvalue weighted by molar-refractivity contribution is 5.95. The number of nitrogens with one attached hydrogen (secondary N) is 2. The molecular weight excluding hydrogens is 460 g/mol. The number of benzene rings is 3. The number of hydrogen-bond acceptors (Lipinski definition) is 6. The van der Waals surface area contributed by atoms with Crippen LogP contribution >= 0.6 is 0 Å². The molecule has 2 N–H and O–H groups in total. The lowest BCUT2D eigenvalue weighted by molar-refractivity contribution is -0.147. The number of carbonyl (C=O) groups is 3. The summed E-state index contributed by atoms with van der Waals surface area (Å²) in [5.74, 6) is -0.341. The van der Waals surface area contributed by atoms with Crippen LogP contribution in [-0.4, -0.2) is 37.6 Å². The van der Waals surface area contributed by atoms with Crippen LogP contribution in [0.3, 0.4) is 0 Å². The van der Waals surface area contributed by atoms with Gasteiger partial charge in [0.15, 0.2) is 18.1 Å². The fourth-order valence-electron chi connectivity index (χ4n) is 3.47. The minimum Gasteiger partial charge on any atom is -0.490 e. The van der Waals surface area contributed by atoms with Gasteiger partial charge in [-0.25, -0.2) is 0 Å². The van der Waals surface area contributed by atoms with E-state index in [9.17, 15) is 14.4 Å². The third-order valence-corrected chi connectivity index (χ3v) is 5.11. The predicted octanol–water partition coefficient (Wildman–Crippen LogP) is 4.53. The van der Waals surface area contributed by atoms with E-state index in [1.165, 1.54) is 0 Å². The van der Waals surface area contributed by atoms with Crippen molar-refractivity contribution in [3.05, 3.63) is 90.0 Å². The Morgan fingerprint density at radius 3 is 2.11 bits per heavy atom. The molecule has 0 saturated carbocycles. The summed E-state index contributed by atoms with van der Waals surface area (Å²) in [5.41, 5.74) is 1.72. The maximum atomic E-state index is 12.7. The summed E-state index contributed by atoms with van der Waals surface area (Å²) in [4.78, 5) is 37.6. The Hall–Kier alpha value is -4.33. The van der Waals surface area contributed by atoms with Gasteiger partial charge in [0.2, 0.25) is 0 Å². The minimum atomic E-state index is -0.617. The Labute approximate surface area is 210 Å². The third-order valence-electron chi connectivity index (χ3n) is 5.11. The summed E-state index contributed by atoms with van der Waals surface area (Å²) in [6.07, 6.45) is -0.132. The molecule has 2 amide bonds. The van der Waals surface area contributed by atoms with Crippen LogP contribution in [0.4, 0.5) is 5.69 Å². The van der Waals surface area contributed by atoms with Crippen LogP contribution in [0.1, 0.15) is 42.2 Å². The normalized spacial score (nSPS) is 11.2. The van der Waals surface area contributed by atoms with Gasteiger partial charge in [-0.05, 0) is 43.7 Å². The lowest BCUT2D eigenvalue weighted by atomic mass is 10.0. The Kier molecular flexibility index (Phi) is 9.88. The van der Waals surface area contributed by atoms with Crippen LogP contribution in [-0.2, 0) is 14.3 Å². The SMILES string of the molecule is CCOc1ccc(NC(=O)COC(=O)CC(NC(=O)c2ccccc2)c2ccccc2)cc1OCC. The first-order valence-electron chi connectivity index (χ1n) is 11.8. The molecule has 8 heteroatoms. The zero-order valence-corrected chi connectivity index (χ0v) is 20.4. The van der Waals surface area contributed by atoms with E-state index in [4.69, 9.17) is 14.2 Å². The van der Waals surface area contributed by atoms with Gasteiger partial charge in [-0.2, -0.15) is 0 Å². The average Bonchev–Trinajstić information content (AvgIpc) is 2.90. The summed E-state index contributed by atoms with van der Waals surface area (Å²) in [6.45, 7) is 4.18. The van der Waals surface area contributed by atoms with E-state index < -0.39 is 24.5 Å². The number of ether oxygens (including phenoxy) is 3. The molecule has 1 unspecified atom stereocenters. The molecule has 0 heterocycles. The summed E-state index contributed by atoms with van der Waals surface area (Å²) in [7, 11) is 0. The van der Waals surface area contributed by atoms with Gasteiger partial charge in [0, 0.05) is 17.3 Å². The highest BCUT2D eigenvalue weighted by Crippen LogP contribution is 2.30. The molecule has 0 aliphatic heterocycles. The van der Waals surface area contributed by atoms with Crippen LogP contribution in [0.5, 0.6) is 11.5 Å². The maximum Gasteiger partial charge on any atom is 0.308 e. The second-order valence-corrected chi connectivity index (χ2v) is 7.74. The van der Waals surface area contributed by atoms with Crippen LogP contribution < -0.4 is 20.1 Å². The fraction of sp³-hybridized carbons (Fsp3) is 0.250. The molecule has 8 nitrogen and oxygen atoms in total. The van der Waals surface area contributed by atoms with Crippen molar-refractivity contribution in [3.8, 4) is 11.5 Å². The minimum absolute atomic E-state index is 0.132. The van der Waals surface area contributed by atoms with Gasteiger partial charge in [0.1, 0.15) is 0 Å². The van der Waals surface area contributed by atoms with Gasteiger partial charge in [-0.15, -0.1) is 0 Å². The molecular formula is C28H30N2O6. The van der Waals surface area contributed by atoms with Crippen molar-refractivity contribution in [1.82, 2.24) is 5.32 Å². The zero-order chi connectivity index (χ0) is 25.8. The van der Waals surface area contributed by atoms with Crippen molar-refractivity contribution >= 4 is 23.5 Å². The average molecular weight is 491 g/mol. The van der Waals surface area contributed by atoms with Crippen molar-refractivity contribution in [3.63, 3.8) is 0 Å². The molecule has 36 heavy (non-hydrogen) atoms. The molecule has 0 bridgehead atoms. The topological polar surface area (TPSA) is 103 Å². The number of amides is 2. The predicted molar refractivity (Wildman–Crippen MR) is 136 cm³/mol.